The van der Waals surface area contributed by atoms with Gasteiger partial charge in [-0.1, -0.05) is 11.6 Å². The number of aromatic nitrogens is 2. The Bertz CT molecular complexity index is 628. The maximum absolute atomic E-state index is 6.30. The molecule has 19 heavy (non-hydrogen) atoms. The molecule has 0 amide bonds. The SMILES string of the molecule is COc1c(Br)cc(Cl)c(-c2cnn(C)c2N)c1OC. The smallest absolute Gasteiger partial charge is 0.175 e. The molecule has 0 aliphatic carbocycles. The molecule has 5 nitrogen and oxygen atoms in total. The topological polar surface area (TPSA) is 62.3 Å². The van der Waals surface area contributed by atoms with Crippen LogP contribution in [0, 0.1) is 0 Å². The maximum Gasteiger partial charge on any atom is 0.175 e. The van der Waals surface area contributed by atoms with Gasteiger partial charge in [0, 0.05) is 12.6 Å². The molecule has 0 aliphatic rings. The summed E-state index contributed by atoms with van der Waals surface area (Å²) in [6, 6.07) is 1.74. The van der Waals surface area contributed by atoms with Gasteiger partial charge in [0.05, 0.1) is 35.5 Å². The molecule has 2 aromatic rings. The summed E-state index contributed by atoms with van der Waals surface area (Å²) >= 11 is 9.69. The van der Waals surface area contributed by atoms with Gasteiger partial charge in [-0.25, -0.2) is 0 Å². The molecule has 1 aromatic heterocycles. The predicted molar refractivity (Wildman–Crippen MR) is 78.9 cm³/mol. The van der Waals surface area contributed by atoms with Crippen LogP contribution in [-0.4, -0.2) is 24.0 Å². The van der Waals surface area contributed by atoms with Crippen LogP contribution in [0.15, 0.2) is 16.7 Å². The van der Waals surface area contributed by atoms with E-state index in [1.54, 1.807) is 38.2 Å². The minimum absolute atomic E-state index is 0.504. The van der Waals surface area contributed by atoms with Crippen molar-refractivity contribution in [2.75, 3.05) is 20.0 Å². The number of aryl methyl sites for hydroxylation is 1. The lowest BCUT2D eigenvalue weighted by atomic mass is 10.1. The van der Waals surface area contributed by atoms with Crippen molar-refractivity contribution in [2.24, 2.45) is 7.05 Å². The molecule has 0 saturated carbocycles. The molecule has 0 radical (unpaired) electrons. The molecule has 0 spiro atoms. The Morgan fingerprint density at radius 1 is 1.32 bits per heavy atom. The van der Waals surface area contributed by atoms with E-state index in [0.717, 1.165) is 0 Å². The van der Waals surface area contributed by atoms with Gasteiger partial charge in [-0.15, -0.1) is 0 Å². The molecule has 102 valence electrons. The summed E-state index contributed by atoms with van der Waals surface area (Å²) in [5.41, 5.74) is 7.36. The van der Waals surface area contributed by atoms with Crippen LogP contribution in [0.1, 0.15) is 0 Å². The van der Waals surface area contributed by atoms with Crippen molar-refractivity contribution < 1.29 is 9.47 Å². The minimum atomic E-state index is 0.504. The van der Waals surface area contributed by atoms with Crippen molar-refractivity contribution in [1.29, 1.82) is 0 Å². The first-order valence-corrected chi connectivity index (χ1v) is 6.56. The van der Waals surface area contributed by atoms with Crippen molar-refractivity contribution in [3.63, 3.8) is 0 Å². The normalized spacial score (nSPS) is 10.6. The van der Waals surface area contributed by atoms with Crippen LogP contribution in [0.5, 0.6) is 11.5 Å². The highest BCUT2D eigenvalue weighted by molar-refractivity contribution is 9.10. The molecule has 0 atom stereocenters. The monoisotopic (exact) mass is 345 g/mol. The van der Waals surface area contributed by atoms with Crippen LogP contribution in [0.2, 0.25) is 5.02 Å². The number of ether oxygens (including phenoxy) is 2. The first-order valence-electron chi connectivity index (χ1n) is 5.39. The Balaban J connectivity index is 2.79. The average molecular weight is 347 g/mol. The quantitative estimate of drug-likeness (QED) is 0.927. The van der Waals surface area contributed by atoms with E-state index in [2.05, 4.69) is 21.0 Å². The number of nitrogens with zero attached hydrogens (tertiary/aromatic N) is 2. The van der Waals surface area contributed by atoms with Crippen molar-refractivity contribution in [3.8, 4) is 22.6 Å². The van der Waals surface area contributed by atoms with Crippen LogP contribution in [0.3, 0.4) is 0 Å². The Kier molecular flexibility index (Phi) is 3.91. The third-order valence-corrected chi connectivity index (χ3v) is 3.69. The van der Waals surface area contributed by atoms with Crippen molar-refractivity contribution in [2.45, 2.75) is 0 Å². The number of rotatable bonds is 3. The van der Waals surface area contributed by atoms with Gasteiger partial charge in [0.25, 0.3) is 0 Å². The summed E-state index contributed by atoms with van der Waals surface area (Å²) < 4.78 is 13.0. The van der Waals surface area contributed by atoms with E-state index in [0.29, 0.717) is 37.9 Å². The zero-order valence-electron chi connectivity index (χ0n) is 10.7. The summed E-state index contributed by atoms with van der Waals surface area (Å²) in [4.78, 5) is 0. The Morgan fingerprint density at radius 2 is 1.95 bits per heavy atom. The van der Waals surface area contributed by atoms with E-state index in [1.165, 1.54) is 0 Å². The maximum atomic E-state index is 6.30. The molecular formula is C12H13BrClN3O2. The molecule has 0 unspecified atom stereocenters. The second kappa shape index (κ2) is 5.30. The molecule has 0 fully saturated rings. The van der Waals surface area contributed by atoms with Crippen LogP contribution in [0.25, 0.3) is 11.1 Å². The Morgan fingerprint density at radius 3 is 2.42 bits per heavy atom. The second-order valence-corrected chi connectivity index (χ2v) is 5.11. The van der Waals surface area contributed by atoms with Crippen molar-refractivity contribution in [1.82, 2.24) is 9.78 Å². The second-order valence-electron chi connectivity index (χ2n) is 3.85. The first-order chi connectivity index (χ1) is 9.01. The van der Waals surface area contributed by atoms with Gasteiger partial charge in [-0.05, 0) is 22.0 Å². The molecule has 2 N–H and O–H groups in total. The largest absolute Gasteiger partial charge is 0.492 e. The lowest BCUT2D eigenvalue weighted by molar-refractivity contribution is 0.354. The van der Waals surface area contributed by atoms with Gasteiger partial charge < -0.3 is 15.2 Å². The van der Waals surface area contributed by atoms with E-state index >= 15 is 0 Å². The molecule has 0 aliphatic heterocycles. The van der Waals surface area contributed by atoms with Crippen LogP contribution >= 0.6 is 27.5 Å². The van der Waals surface area contributed by atoms with E-state index in [4.69, 9.17) is 26.8 Å². The Labute approximate surface area is 124 Å². The third-order valence-electron chi connectivity index (χ3n) is 2.80. The molecule has 7 heteroatoms. The molecular weight excluding hydrogens is 334 g/mol. The molecule has 1 aromatic carbocycles. The van der Waals surface area contributed by atoms with Gasteiger partial charge in [0.1, 0.15) is 5.82 Å². The van der Waals surface area contributed by atoms with E-state index in [1.807, 2.05) is 0 Å². The van der Waals surface area contributed by atoms with E-state index in [9.17, 15) is 0 Å². The van der Waals surface area contributed by atoms with Crippen molar-refractivity contribution >= 4 is 33.3 Å². The van der Waals surface area contributed by atoms with Gasteiger partial charge in [0.15, 0.2) is 11.5 Å². The highest BCUT2D eigenvalue weighted by Crippen LogP contribution is 2.48. The molecule has 2 rings (SSSR count). The zero-order valence-corrected chi connectivity index (χ0v) is 13.0. The van der Waals surface area contributed by atoms with Gasteiger partial charge in [-0.2, -0.15) is 5.10 Å². The minimum Gasteiger partial charge on any atom is -0.492 e. The number of halogens is 2. The number of hydrogen-bond acceptors (Lipinski definition) is 4. The lowest BCUT2D eigenvalue weighted by Gasteiger charge is -2.15. The Hall–Kier alpha value is -1.40. The van der Waals surface area contributed by atoms with Gasteiger partial charge in [0.2, 0.25) is 0 Å². The summed E-state index contributed by atoms with van der Waals surface area (Å²) in [5.74, 6) is 1.58. The van der Waals surface area contributed by atoms with Crippen LogP contribution < -0.4 is 15.2 Å². The van der Waals surface area contributed by atoms with Gasteiger partial charge >= 0.3 is 0 Å². The fourth-order valence-corrected chi connectivity index (χ4v) is 2.85. The first kappa shape index (κ1) is 14.0. The van der Waals surface area contributed by atoms with Crippen LogP contribution in [-0.2, 0) is 7.05 Å². The van der Waals surface area contributed by atoms with E-state index in [-0.39, 0.29) is 0 Å². The molecule has 1 heterocycles. The number of nitrogen functional groups attached to an aromatic ring is 1. The van der Waals surface area contributed by atoms with Gasteiger partial charge in [-0.3, -0.25) is 4.68 Å². The van der Waals surface area contributed by atoms with E-state index < -0.39 is 0 Å². The summed E-state index contributed by atoms with van der Waals surface area (Å²) in [7, 11) is 4.87. The average Bonchev–Trinajstić information content (AvgIpc) is 2.69. The van der Waals surface area contributed by atoms with Crippen molar-refractivity contribution in [3.05, 3.63) is 21.8 Å². The number of benzene rings is 1. The predicted octanol–water partition coefficient (Wildman–Crippen LogP) is 3.10. The zero-order chi connectivity index (χ0) is 14.2. The fourth-order valence-electron chi connectivity index (χ4n) is 1.85. The fraction of sp³-hybridized carbons (Fsp3) is 0.250. The number of nitrogens with two attached hydrogens (primary N) is 1. The highest BCUT2D eigenvalue weighted by atomic mass is 79.9. The standard InChI is InChI=1S/C12H13BrClN3O2/c1-17-12(15)6(5-16-17)9-8(14)4-7(13)10(18-2)11(9)19-3/h4-5H,15H2,1-3H3. The van der Waals surface area contributed by atoms with Crippen LogP contribution in [0.4, 0.5) is 5.82 Å². The molecule has 0 saturated heterocycles. The highest BCUT2D eigenvalue weighted by Gasteiger charge is 2.22. The number of methoxy groups -OCH3 is 2. The summed E-state index contributed by atoms with van der Waals surface area (Å²) in [6.45, 7) is 0. The lowest BCUT2D eigenvalue weighted by Crippen LogP contribution is -2.00. The number of anilines is 1. The summed E-state index contributed by atoms with van der Waals surface area (Å²) in [5, 5.41) is 4.62. The summed E-state index contributed by atoms with van der Waals surface area (Å²) in [6.07, 6.45) is 1.65. The number of hydrogen-bond donors (Lipinski definition) is 1. The third kappa shape index (κ3) is 2.26. The molecule has 0 bridgehead atoms.